The van der Waals surface area contributed by atoms with Gasteiger partial charge in [-0.05, 0) is 63.1 Å². The molecular formula is C23H24N2O5. The van der Waals surface area contributed by atoms with Gasteiger partial charge in [0, 0.05) is 11.1 Å². The molecule has 0 aliphatic rings. The van der Waals surface area contributed by atoms with Gasteiger partial charge in [-0.2, -0.15) is 14.7 Å². The largest absolute Gasteiger partial charge is 0.494 e. The number of benzene rings is 2. The molecule has 0 aliphatic heterocycles. The fraction of sp³-hybridized carbons (Fsp3) is 0.261. The molecule has 0 bridgehead atoms. The van der Waals surface area contributed by atoms with Crippen molar-refractivity contribution in [2.24, 2.45) is 0 Å². The van der Waals surface area contributed by atoms with E-state index in [0.29, 0.717) is 12.2 Å². The number of nitrogens with zero attached hydrogens (tertiary/aromatic N) is 2. The first-order valence-electron chi connectivity index (χ1n) is 9.47. The Morgan fingerprint density at radius 2 is 1.73 bits per heavy atom. The molecular weight excluding hydrogens is 384 g/mol. The van der Waals surface area contributed by atoms with Gasteiger partial charge in [-0.25, -0.2) is 9.48 Å². The Bertz CT molecular complexity index is 1060. The highest BCUT2D eigenvalue weighted by molar-refractivity contribution is 5.90. The molecule has 0 spiro atoms. The van der Waals surface area contributed by atoms with E-state index in [4.69, 9.17) is 14.3 Å². The normalized spacial score (nSPS) is 10.0. The molecule has 1 heterocycles. The molecule has 0 fully saturated rings. The molecule has 0 radical (unpaired) electrons. The molecule has 3 aromatic rings. The zero-order valence-corrected chi connectivity index (χ0v) is 17.4. The van der Waals surface area contributed by atoms with Crippen LogP contribution in [0.4, 0.5) is 0 Å². The molecule has 7 nitrogen and oxygen atoms in total. The summed E-state index contributed by atoms with van der Waals surface area (Å²) in [6.45, 7) is 8.57. The summed E-state index contributed by atoms with van der Waals surface area (Å²) in [7, 11) is 0. The van der Waals surface area contributed by atoms with Crippen molar-refractivity contribution in [3.63, 3.8) is 0 Å². The predicted octanol–water partition coefficient (Wildman–Crippen LogP) is 4.37. The van der Waals surface area contributed by atoms with Gasteiger partial charge in [-0.15, -0.1) is 0 Å². The summed E-state index contributed by atoms with van der Waals surface area (Å²) in [4.78, 5) is 27.9. The van der Waals surface area contributed by atoms with Gasteiger partial charge in [0.25, 0.3) is 0 Å². The minimum absolute atomic E-state index is 0.0660. The third-order valence-corrected chi connectivity index (χ3v) is 4.51. The molecule has 156 valence electrons. The Labute approximate surface area is 174 Å². The highest BCUT2D eigenvalue weighted by atomic mass is 16.5. The van der Waals surface area contributed by atoms with Gasteiger partial charge >= 0.3 is 12.1 Å². The summed E-state index contributed by atoms with van der Waals surface area (Å²) < 4.78 is 7.38. The molecule has 0 unspecified atom stereocenters. The quantitative estimate of drug-likeness (QED) is 0.650. The van der Waals surface area contributed by atoms with E-state index >= 15 is 0 Å². The van der Waals surface area contributed by atoms with Gasteiger partial charge in [0.2, 0.25) is 0 Å². The van der Waals surface area contributed by atoms with Gasteiger partial charge in [-0.1, -0.05) is 24.6 Å². The standard InChI is InChI=1S/C22H24N2O3.CO2/c1-5-12-27-18-9-7-17(8-10-18)21-16(4)20(22(25)26)23-24(21)19-11-6-14(2)13-15(19)3;2-1-3/h6-11,13H,5,12H2,1-4H3,(H,25,26);. The van der Waals surface area contributed by atoms with Crippen molar-refractivity contribution < 1.29 is 24.2 Å². The van der Waals surface area contributed by atoms with Crippen LogP contribution in [0.1, 0.15) is 40.5 Å². The second kappa shape index (κ2) is 10.2. The summed E-state index contributed by atoms with van der Waals surface area (Å²) in [5.41, 5.74) is 5.45. The molecule has 7 heteroatoms. The second-order valence-electron chi connectivity index (χ2n) is 6.79. The SMILES string of the molecule is CCCOc1ccc(-c2c(C)c(C(=O)O)nn2-c2ccc(C)cc2C)cc1.O=C=O. The minimum Gasteiger partial charge on any atom is -0.494 e. The van der Waals surface area contributed by atoms with Crippen molar-refractivity contribution in [1.29, 1.82) is 0 Å². The van der Waals surface area contributed by atoms with Crippen LogP contribution in [0.3, 0.4) is 0 Å². The Kier molecular flexibility index (Phi) is 7.67. The maximum absolute atomic E-state index is 11.7. The number of carboxylic acids is 1. The van der Waals surface area contributed by atoms with Crippen LogP contribution < -0.4 is 4.74 Å². The average molecular weight is 408 g/mol. The highest BCUT2D eigenvalue weighted by Gasteiger charge is 2.22. The van der Waals surface area contributed by atoms with Crippen LogP contribution in [0.25, 0.3) is 16.9 Å². The third-order valence-electron chi connectivity index (χ3n) is 4.51. The first kappa shape index (κ1) is 22.6. The first-order chi connectivity index (χ1) is 14.3. The molecule has 0 aliphatic carbocycles. The van der Waals surface area contributed by atoms with E-state index < -0.39 is 5.97 Å². The van der Waals surface area contributed by atoms with Crippen molar-refractivity contribution in [3.8, 4) is 22.7 Å². The van der Waals surface area contributed by atoms with Crippen molar-refractivity contribution in [1.82, 2.24) is 9.78 Å². The van der Waals surface area contributed by atoms with Gasteiger partial charge in [0.15, 0.2) is 5.69 Å². The number of carbonyl (C=O) groups excluding carboxylic acids is 2. The number of carboxylic acid groups (broad SMARTS) is 1. The van der Waals surface area contributed by atoms with E-state index in [-0.39, 0.29) is 11.8 Å². The van der Waals surface area contributed by atoms with Gasteiger partial charge in [0.1, 0.15) is 5.75 Å². The van der Waals surface area contributed by atoms with E-state index in [0.717, 1.165) is 40.2 Å². The van der Waals surface area contributed by atoms with E-state index in [1.165, 1.54) is 0 Å². The lowest BCUT2D eigenvalue weighted by Gasteiger charge is -2.12. The number of hydrogen-bond acceptors (Lipinski definition) is 5. The lowest BCUT2D eigenvalue weighted by atomic mass is 10.1. The Balaban J connectivity index is 0.00000101. The van der Waals surface area contributed by atoms with Crippen LogP contribution in [0.5, 0.6) is 5.75 Å². The molecule has 0 atom stereocenters. The molecule has 1 N–H and O–H groups in total. The summed E-state index contributed by atoms with van der Waals surface area (Å²) in [6, 6.07) is 13.8. The number of aryl methyl sites for hydroxylation is 2. The predicted molar refractivity (Wildman–Crippen MR) is 111 cm³/mol. The fourth-order valence-electron chi connectivity index (χ4n) is 3.18. The number of rotatable bonds is 6. The Morgan fingerprint density at radius 1 is 1.10 bits per heavy atom. The molecule has 0 saturated heterocycles. The van der Waals surface area contributed by atoms with Crippen LogP contribution in [0.15, 0.2) is 42.5 Å². The summed E-state index contributed by atoms with van der Waals surface area (Å²) in [5.74, 6) is -0.227. The molecule has 0 saturated carbocycles. The minimum atomic E-state index is -1.03. The molecule has 3 rings (SSSR count). The molecule has 30 heavy (non-hydrogen) atoms. The third kappa shape index (κ3) is 5.01. The number of carbonyl (C=O) groups is 1. The first-order valence-corrected chi connectivity index (χ1v) is 9.47. The van der Waals surface area contributed by atoms with Crippen molar-refractivity contribution in [2.45, 2.75) is 34.1 Å². The van der Waals surface area contributed by atoms with Crippen molar-refractivity contribution in [2.75, 3.05) is 6.61 Å². The lowest BCUT2D eigenvalue weighted by Crippen LogP contribution is -2.04. The zero-order valence-electron chi connectivity index (χ0n) is 17.4. The summed E-state index contributed by atoms with van der Waals surface area (Å²) in [5, 5.41) is 14.0. The molecule has 0 amide bonds. The smallest absolute Gasteiger partial charge is 0.373 e. The number of hydrogen-bond donors (Lipinski definition) is 1. The van der Waals surface area contributed by atoms with Crippen LogP contribution in [0, 0.1) is 20.8 Å². The summed E-state index contributed by atoms with van der Waals surface area (Å²) in [6.07, 6.45) is 1.20. The molecule has 2 aromatic carbocycles. The van der Waals surface area contributed by atoms with E-state index in [1.54, 1.807) is 11.6 Å². The second-order valence-corrected chi connectivity index (χ2v) is 6.79. The van der Waals surface area contributed by atoms with Crippen LogP contribution in [-0.4, -0.2) is 33.6 Å². The van der Waals surface area contributed by atoms with Crippen LogP contribution in [-0.2, 0) is 9.59 Å². The maximum Gasteiger partial charge on any atom is 0.373 e. The summed E-state index contributed by atoms with van der Waals surface area (Å²) >= 11 is 0. The fourth-order valence-corrected chi connectivity index (χ4v) is 3.18. The van der Waals surface area contributed by atoms with Gasteiger partial charge < -0.3 is 9.84 Å². The van der Waals surface area contributed by atoms with E-state index in [2.05, 4.69) is 18.1 Å². The van der Waals surface area contributed by atoms with Crippen molar-refractivity contribution in [3.05, 3.63) is 64.8 Å². The molecule has 1 aromatic heterocycles. The Hall–Kier alpha value is -3.70. The number of aromatic carboxylic acids is 1. The van der Waals surface area contributed by atoms with Crippen molar-refractivity contribution >= 4 is 12.1 Å². The monoisotopic (exact) mass is 408 g/mol. The van der Waals surface area contributed by atoms with Crippen LogP contribution in [0.2, 0.25) is 0 Å². The van der Waals surface area contributed by atoms with Gasteiger partial charge in [-0.3, -0.25) is 0 Å². The van der Waals surface area contributed by atoms with Gasteiger partial charge in [0.05, 0.1) is 18.0 Å². The number of ether oxygens (including phenoxy) is 1. The highest BCUT2D eigenvalue weighted by Crippen LogP contribution is 2.31. The van der Waals surface area contributed by atoms with E-state index in [9.17, 15) is 9.90 Å². The van der Waals surface area contributed by atoms with Crippen LogP contribution >= 0.6 is 0 Å². The Morgan fingerprint density at radius 3 is 2.27 bits per heavy atom. The topological polar surface area (TPSA) is 98.5 Å². The van der Waals surface area contributed by atoms with E-state index in [1.807, 2.05) is 50.2 Å². The maximum atomic E-state index is 11.7. The average Bonchev–Trinajstić information content (AvgIpc) is 3.04. The lowest BCUT2D eigenvalue weighted by molar-refractivity contribution is -0.191. The zero-order chi connectivity index (χ0) is 22.3. The number of aromatic nitrogens is 2.